The van der Waals surface area contributed by atoms with Crippen LogP contribution in [0.2, 0.25) is 5.02 Å². The minimum absolute atomic E-state index is 0.00391. The predicted octanol–water partition coefficient (Wildman–Crippen LogP) is 2.64. The van der Waals surface area contributed by atoms with Gasteiger partial charge in [0.2, 0.25) is 0 Å². The van der Waals surface area contributed by atoms with Crippen LogP contribution in [-0.4, -0.2) is 37.1 Å². The number of hydrogen-bond donors (Lipinski definition) is 1. The maximum absolute atomic E-state index is 11.7. The Balaban J connectivity index is 2.82. The molecule has 116 valence electrons. The Kier molecular flexibility index (Phi) is 6.23. The Morgan fingerprint density at radius 3 is 2.67 bits per heavy atom. The molecule has 0 aromatic heterocycles. The molecular formula is C14H17ClO5S. The van der Waals surface area contributed by atoms with Gasteiger partial charge in [-0.15, -0.1) is 0 Å². The zero-order valence-corrected chi connectivity index (χ0v) is 13.3. The van der Waals surface area contributed by atoms with Crippen molar-refractivity contribution in [3.63, 3.8) is 0 Å². The average molecular weight is 333 g/mol. The molecule has 0 saturated heterocycles. The summed E-state index contributed by atoms with van der Waals surface area (Å²) < 4.78 is 28.8. The summed E-state index contributed by atoms with van der Waals surface area (Å²) in [6, 6.07) is 4.71. The second-order valence-corrected chi connectivity index (χ2v) is 7.73. The molecule has 1 rings (SSSR count). The van der Waals surface area contributed by atoms with Gasteiger partial charge in [-0.25, -0.2) is 13.2 Å². The van der Waals surface area contributed by atoms with Crippen molar-refractivity contribution in [2.45, 2.75) is 19.1 Å². The highest BCUT2D eigenvalue weighted by atomic mass is 35.5. The minimum Gasteiger partial charge on any atom is -0.492 e. The van der Waals surface area contributed by atoms with Crippen molar-refractivity contribution in [3.05, 3.63) is 34.9 Å². The number of sulfone groups is 1. The Morgan fingerprint density at radius 1 is 1.43 bits per heavy atom. The number of carboxylic acid groups (broad SMARTS) is 1. The number of carbonyl (C=O) groups is 1. The van der Waals surface area contributed by atoms with Crippen molar-refractivity contribution in [2.24, 2.45) is 0 Å². The molecule has 7 heteroatoms. The summed E-state index contributed by atoms with van der Waals surface area (Å²) in [6.45, 7) is 3.22. The fraction of sp³-hybridized carbons (Fsp3) is 0.357. The molecular weight excluding hydrogens is 316 g/mol. The van der Waals surface area contributed by atoms with Crippen LogP contribution in [0.1, 0.15) is 19.4 Å². The number of ether oxygens (including phenoxy) is 1. The second-order valence-electron chi connectivity index (χ2n) is 4.62. The number of hydrogen-bond acceptors (Lipinski definition) is 4. The Morgan fingerprint density at radius 2 is 2.10 bits per heavy atom. The van der Waals surface area contributed by atoms with Gasteiger partial charge < -0.3 is 9.84 Å². The predicted molar refractivity (Wildman–Crippen MR) is 82.5 cm³/mol. The molecule has 1 N–H and O–H groups in total. The van der Waals surface area contributed by atoms with Gasteiger partial charge in [0.05, 0.1) is 11.0 Å². The molecule has 0 bridgehead atoms. The molecule has 0 atom stereocenters. The molecule has 0 fully saturated rings. The lowest BCUT2D eigenvalue weighted by Crippen LogP contribution is -2.22. The molecule has 0 aliphatic heterocycles. The fourth-order valence-electron chi connectivity index (χ4n) is 1.45. The lowest BCUT2D eigenvalue weighted by atomic mass is 10.2. The van der Waals surface area contributed by atoms with Crippen LogP contribution in [0.5, 0.6) is 5.75 Å². The highest BCUT2D eigenvalue weighted by Gasteiger charge is 2.16. The summed E-state index contributed by atoms with van der Waals surface area (Å²) in [4.78, 5) is 10.5. The fourth-order valence-corrected chi connectivity index (χ4v) is 2.41. The van der Waals surface area contributed by atoms with Crippen molar-refractivity contribution in [3.8, 4) is 5.75 Å². The van der Waals surface area contributed by atoms with Gasteiger partial charge in [0, 0.05) is 16.7 Å². The van der Waals surface area contributed by atoms with Gasteiger partial charge in [0.25, 0.3) is 0 Å². The molecule has 0 spiro atoms. The van der Waals surface area contributed by atoms with Crippen LogP contribution in [0.4, 0.5) is 0 Å². The lowest BCUT2D eigenvalue weighted by Gasteiger charge is -2.11. The molecule has 0 heterocycles. The number of benzene rings is 1. The summed E-state index contributed by atoms with van der Waals surface area (Å²) in [6.07, 6.45) is 2.31. The van der Waals surface area contributed by atoms with Gasteiger partial charge in [-0.3, -0.25) is 0 Å². The van der Waals surface area contributed by atoms with E-state index in [1.54, 1.807) is 32.0 Å². The van der Waals surface area contributed by atoms with Crippen LogP contribution in [0, 0.1) is 0 Å². The van der Waals surface area contributed by atoms with E-state index >= 15 is 0 Å². The number of halogens is 1. The van der Waals surface area contributed by atoms with Crippen molar-refractivity contribution in [1.82, 2.24) is 0 Å². The number of rotatable bonds is 7. The molecule has 0 aliphatic carbocycles. The van der Waals surface area contributed by atoms with Gasteiger partial charge in [0.1, 0.15) is 12.4 Å². The standard InChI is InChI=1S/C14H17ClO5S/c1-10(2)21(18,19)8-7-20-13-5-4-12(15)9-11(13)3-6-14(16)17/h3-6,9-10H,7-8H2,1-2H3,(H,16,17)/b6-3+. The number of carboxylic acids is 1. The van der Waals surface area contributed by atoms with E-state index in [-0.39, 0.29) is 12.4 Å². The highest BCUT2D eigenvalue weighted by molar-refractivity contribution is 7.91. The van der Waals surface area contributed by atoms with E-state index < -0.39 is 21.1 Å². The summed E-state index contributed by atoms with van der Waals surface area (Å²) in [5.74, 6) is -0.811. The summed E-state index contributed by atoms with van der Waals surface area (Å²) in [5.41, 5.74) is 0.479. The van der Waals surface area contributed by atoms with Crippen LogP contribution >= 0.6 is 11.6 Å². The summed E-state index contributed by atoms with van der Waals surface area (Å²) in [5, 5.41) is 8.61. The van der Waals surface area contributed by atoms with E-state index in [0.29, 0.717) is 16.3 Å². The zero-order chi connectivity index (χ0) is 16.0. The first-order valence-corrected chi connectivity index (χ1v) is 8.36. The van der Waals surface area contributed by atoms with Gasteiger partial charge in [-0.1, -0.05) is 11.6 Å². The first-order valence-electron chi connectivity index (χ1n) is 6.27. The van der Waals surface area contributed by atoms with Gasteiger partial charge in [0.15, 0.2) is 9.84 Å². The molecule has 1 aromatic carbocycles. The monoisotopic (exact) mass is 332 g/mol. The SMILES string of the molecule is CC(C)S(=O)(=O)CCOc1ccc(Cl)cc1/C=C/C(=O)O. The van der Waals surface area contributed by atoms with E-state index in [2.05, 4.69) is 0 Å². The van der Waals surface area contributed by atoms with Gasteiger partial charge in [-0.2, -0.15) is 0 Å². The second kappa shape index (κ2) is 7.47. The van der Waals surface area contributed by atoms with E-state index in [9.17, 15) is 13.2 Å². The smallest absolute Gasteiger partial charge is 0.328 e. The van der Waals surface area contributed by atoms with Crippen LogP contribution in [0.3, 0.4) is 0 Å². The molecule has 0 radical (unpaired) electrons. The van der Waals surface area contributed by atoms with E-state index in [1.807, 2.05) is 0 Å². The molecule has 0 amide bonds. The van der Waals surface area contributed by atoms with Gasteiger partial charge >= 0.3 is 5.97 Å². The third kappa shape index (κ3) is 5.77. The minimum atomic E-state index is -3.18. The van der Waals surface area contributed by atoms with Crippen LogP contribution in [0.15, 0.2) is 24.3 Å². The molecule has 21 heavy (non-hydrogen) atoms. The van der Waals surface area contributed by atoms with Crippen LogP contribution in [0.25, 0.3) is 6.08 Å². The summed E-state index contributed by atoms with van der Waals surface area (Å²) in [7, 11) is -3.18. The van der Waals surface area contributed by atoms with Crippen molar-refractivity contribution >= 4 is 33.5 Å². The number of aliphatic carboxylic acids is 1. The molecule has 5 nitrogen and oxygen atoms in total. The Hall–Kier alpha value is -1.53. The molecule has 1 aromatic rings. The molecule has 0 unspecified atom stereocenters. The van der Waals surface area contributed by atoms with E-state index in [4.69, 9.17) is 21.4 Å². The maximum atomic E-state index is 11.7. The highest BCUT2D eigenvalue weighted by Crippen LogP contribution is 2.24. The topological polar surface area (TPSA) is 80.7 Å². The van der Waals surface area contributed by atoms with Crippen molar-refractivity contribution in [1.29, 1.82) is 0 Å². The largest absolute Gasteiger partial charge is 0.492 e. The average Bonchev–Trinajstić information content (AvgIpc) is 2.38. The van der Waals surface area contributed by atoms with E-state index in [0.717, 1.165) is 6.08 Å². The Bertz CT molecular complexity index is 635. The first kappa shape index (κ1) is 17.5. The Labute approximate surface area is 129 Å². The molecule has 0 saturated carbocycles. The third-order valence-corrected chi connectivity index (χ3v) is 5.13. The maximum Gasteiger partial charge on any atom is 0.328 e. The third-order valence-electron chi connectivity index (χ3n) is 2.72. The van der Waals surface area contributed by atoms with Crippen molar-refractivity contribution < 1.29 is 23.1 Å². The zero-order valence-electron chi connectivity index (χ0n) is 11.7. The molecule has 0 aliphatic rings. The van der Waals surface area contributed by atoms with Crippen molar-refractivity contribution in [2.75, 3.05) is 12.4 Å². The van der Waals surface area contributed by atoms with Crippen LogP contribution in [-0.2, 0) is 14.6 Å². The quantitative estimate of drug-likeness (QED) is 0.776. The normalized spacial score (nSPS) is 12.0. The van der Waals surface area contributed by atoms with Gasteiger partial charge in [-0.05, 0) is 38.1 Å². The first-order chi connectivity index (χ1) is 9.72. The van der Waals surface area contributed by atoms with Crippen LogP contribution < -0.4 is 4.74 Å². The lowest BCUT2D eigenvalue weighted by molar-refractivity contribution is -0.131. The van der Waals surface area contributed by atoms with E-state index in [1.165, 1.54) is 6.08 Å². The summed E-state index contributed by atoms with van der Waals surface area (Å²) >= 11 is 5.85.